The molecule has 3 rings (SSSR count). The van der Waals surface area contributed by atoms with Gasteiger partial charge in [-0.05, 0) is 5.56 Å². The van der Waals surface area contributed by atoms with Crippen LogP contribution in [0.4, 0.5) is 0 Å². The maximum Gasteiger partial charge on any atom is 0.327 e. The van der Waals surface area contributed by atoms with Crippen molar-refractivity contribution in [1.29, 1.82) is 0 Å². The van der Waals surface area contributed by atoms with Crippen molar-refractivity contribution in [3.8, 4) is 0 Å². The molecule has 2 aromatic heterocycles. The molecule has 0 radical (unpaired) electrons. The van der Waals surface area contributed by atoms with Crippen molar-refractivity contribution in [2.24, 2.45) is 5.73 Å². The Hall–Kier alpha value is -2.67. The quantitative estimate of drug-likeness (QED) is 0.515. The van der Waals surface area contributed by atoms with Gasteiger partial charge in [0.2, 0.25) is 0 Å². The topological polar surface area (TPSA) is 120 Å². The van der Waals surface area contributed by atoms with Crippen LogP contribution in [0.15, 0.2) is 39.9 Å². The van der Waals surface area contributed by atoms with Crippen LogP contribution in [0.1, 0.15) is 17.4 Å². The molecule has 1 atom stereocenters. The van der Waals surface area contributed by atoms with E-state index in [0.29, 0.717) is 5.82 Å². The van der Waals surface area contributed by atoms with E-state index in [0.717, 1.165) is 5.56 Å². The van der Waals surface area contributed by atoms with Gasteiger partial charge in [0.25, 0.3) is 5.56 Å². The van der Waals surface area contributed by atoms with Crippen LogP contribution in [-0.4, -0.2) is 19.9 Å². The summed E-state index contributed by atoms with van der Waals surface area (Å²) < 4.78 is 0. The normalized spacial score (nSPS) is 12.7. The number of nitrogens with two attached hydrogens (primary N) is 1. The van der Waals surface area contributed by atoms with Crippen LogP contribution in [0.5, 0.6) is 0 Å². The number of rotatable bonds is 2. The molecule has 0 saturated heterocycles. The number of hydrogen-bond acceptors (Lipinski definition) is 4. The summed E-state index contributed by atoms with van der Waals surface area (Å²) in [5.74, 6) is 0.425. The zero-order chi connectivity index (χ0) is 13.4. The SMILES string of the molecule is NC(c1ccccc1)c1nc2[nH]c(=O)[nH]c(=O)c2[nH]1. The molecular weight excluding hydrogens is 246 g/mol. The minimum Gasteiger partial charge on any atom is -0.334 e. The summed E-state index contributed by atoms with van der Waals surface area (Å²) >= 11 is 0. The number of fused-ring (bicyclic) bond motifs is 1. The fraction of sp³-hybridized carbons (Fsp3) is 0.0833. The monoisotopic (exact) mass is 257 g/mol. The highest BCUT2D eigenvalue weighted by Gasteiger charge is 2.15. The molecule has 1 aromatic carbocycles. The van der Waals surface area contributed by atoms with E-state index in [-0.39, 0.29) is 11.2 Å². The van der Waals surface area contributed by atoms with Gasteiger partial charge in [0.15, 0.2) is 5.65 Å². The Balaban J connectivity index is 2.14. The minimum atomic E-state index is -0.594. The van der Waals surface area contributed by atoms with Crippen molar-refractivity contribution in [2.75, 3.05) is 0 Å². The summed E-state index contributed by atoms with van der Waals surface area (Å²) in [6.45, 7) is 0. The van der Waals surface area contributed by atoms with Crippen LogP contribution < -0.4 is 17.0 Å². The third-order valence-corrected chi connectivity index (χ3v) is 2.86. The zero-order valence-electron chi connectivity index (χ0n) is 9.81. The second-order valence-corrected chi connectivity index (χ2v) is 4.14. The Bertz CT molecular complexity index is 830. The van der Waals surface area contributed by atoms with Crippen molar-refractivity contribution in [3.05, 3.63) is 62.6 Å². The zero-order valence-corrected chi connectivity index (χ0v) is 9.81. The molecule has 0 fully saturated rings. The molecule has 0 aliphatic heterocycles. The lowest BCUT2D eigenvalue weighted by Gasteiger charge is -2.07. The second kappa shape index (κ2) is 4.21. The van der Waals surface area contributed by atoms with Crippen molar-refractivity contribution < 1.29 is 0 Å². The van der Waals surface area contributed by atoms with Crippen molar-refractivity contribution >= 4 is 11.2 Å². The third kappa shape index (κ3) is 1.95. The summed E-state index contributed by atoms with van der Waals surface area (Å²) in [4.78, 5) is 34.3. The number of imidazole rings is 1. The highest BCUT2D eigenvalue weighted by molar-refractivity contribution is 5.68. The molecular formula is C12H11N5O2. The molecule has 0 bridgehead atoms. The average molecular weight is 257 g/mol. The Morgan fingerprint density at radius 3 is 2.53 bits per heavy atom. The predicted octanol–water partition coefficient (Wildman–Crippen LogP) is -0.0124. The van der Waals surface area contributed by atoms with Gasteiger partial charge in [-0.15, -0.1) is 0 Å². The van der Waals surface area contributed by atoms with E-state index >= 15 is 0 Å². The van der Waals surface area contributed by atoms with Crippen LogP contribution in [0.25, 0.3) is 11.2 Å². The summed E-state index contributed by atoms with van der Waals surface area (Å²) in [5.41, 5.74) is 6.24. The number of benzene rings is 1. The van der Waals surface area contributed by atoms with Crippen molar-refractivity contribution in [1.82, 2.24) is 19.9 Å². The molecule has 0 amide bonds. The highest BCUT2D eigenvalue weighted by Crippen LogP contribution is 2.17. The van der Waals surface area contributed by atoms with Gasteiger partial charge in [-0.3, -0.25) is 14.8 Å². The number of H-pyrrole nitrogens is 3. The molecule has 0 aliphatic rings. The number of aromatic amines is 3. The first-order valence-corrected chi connectivity index (χ1v) is 5.68. The molecule has 7 heteroatoms. The van der Waals surface area contributed by atoms with Crippen molar-refractivity contribution in [2.45, 2.75) is 6.04 Å². The Morgan fingerprint density at radius 2 is 1.79 bits per heavy atom. The lowest BCUT2D eigenvalue weighted by atomic mass is 10.1. The first-order valence-electron chi connectivity index (χ1n) is 5.68. The van der Waals surface area contributed by atoms with E-state index in [1.54, 1.807) is 0 Å². The predicted molar refractivity (Wildman–Crippen MR) is 69.8 cm³/mol. The molecule has 1 unspecified atom stereocenters. The van der Waals surface area contributed by atoms with Crippen LogP contribution in [-0.2, 0) is 0 Å². The number of nitrogens with one attached hydrogen (secondary N) is 3. The molecule has 0 spiro atoms. The minimum absolute atomic E-state index is 0.204. The lowest BCUT2D eigenvalue weighted by Crippen LogP contribution is -2.21. The highest BCUT2D eigenvalue weighted by atomic mass is 16.2. The molecule has 96 valence electrons. The molecule has 0 aliphatic carbocycles. The van der Waals surface area contributed by atoms with Gasteiger partial charge < -0.3 is 10.7 Å². The summed E-state index contributed by atoms with van der Waals surface area (Å²) in [7, 11) is 0. The van der Waals surface area contributed by atoms with Gasteiger partial charge in [-0.1, -0.05) is 30.3 Å². The van der Waals surface area contributed by atoms with Gasteiger partial charge in [-0.2, -0.15) is 0 Å². The van der Waals surface area contributed by atoms with Gasteiger partial charge in [0.05, 0.1) is 6.04 Å². The maximum absolute atomic E-state index is 11.6. The van der Waals surface area contributed by atoms with Gasteiger partial charge >= 0.3 is 5.69 Å². The second-order valence-electron chi connectivity index (χ2n) is 4.14. The summed E-state index contributed by atoms with van der Waals surface area (Å²) in [5, 5.41) is 0. The Kier molecular flexibility index (Phi) is 2.53. The number of hydrogen-bond donors (Lipinski definition) is 4. The Morgan fingerprint density at radius 1 is 1.05 bits per heavy atom. The molecule has 5 N–H and O–H groups in total. The van der Waals surface area contributed by atoms with E-state index in [4.69, 9.17) is 5.73 Å². The smallest absolute Gasteiger partial charge is 0.327 e. The maximum atomic E-state index is 11.6. The standard InChI is InChI=1S/C12H11N5O2/c13-7(6-4-2-1-3-5-6)9-14-8-10(15-9)16-12(19)17-11(8)18/h1-5,7H,13H2,(H3,14,15,16,17,18,19). The van der Waals surface area contributed by atoms with Crippen LogP contribution >= 0.6 is 0 Å². The number of nitrogens with zero attached hydrogens (tertiary/aromatic N) is 1. The van der Waals surface area contributed by atoms with E-state index in [2.05, 4.69) is 19.9 Å². The largest absolute Gasteiger partial charge is 0.334 e. The van der Waals surface area contributed by atoms with Crippen LogP contribution in [0.2, 0.25) is 0 Å². The molecule has 7 nitrogen and oxygen atoms in total. The third-order valence-electron chi connectivity index (χ3n) is 2.86. The van der Waals surface area contributed by atoms with E-state index in [1.807, 2.05) is 30.3 Å². The van der Waals surface area contributed by atoms with Crippen LogP contribution in [0, 0.1) is 0 Å². The molecule has 3 aromatic rings. The first kappa shape index (κ1) is 11.4. The molecule has 0 saturated carbocycles. The van der Waals surface area contributed by atoms with Crippen LogP contribution in [0.3, 0.4) is 0 Å². The van der Waals surface area contributed by atoms with Crippen molar-refractivity contribution in [3.63, 3.8) is 0 Å². The number of aromatic nitrogens is 4. The average Bonchev–Trinajstić information content (AvgIpc) is 2.83. The van der Waals surface area contributed by atoms with E-state index in [9.17, 15) is 9.59 Å². The van der Waals surface area contributed by atoms with Gasteiger partial charge in [-0.25, -0.2) is 9.78 Å². The van der Waals surface area contributed by atoms with E-state index < -0.39 is 17.3 Å². The van der Waals surface area contributed by atoms with Gasteiger partial charge in [0, 0.05) is 0 Å². The summed E-state index contributed by atoms with van der Waals surface area (Å²) in [6, 6.07) is 8.86. The molecule has 2 heterocycles. The van der Waals surface area contributed by atoms with Gasteiger partial charge in [0.1, 0.15) is 11.3 Å². The Labute approximate surface area is 106 Å². The first-order chi connectivity index (χ1) is 9.15. The summed E-state index contributed by atoms with van der Waals surface area (Å²) in [6.07, 6.45) is 0. The van der Waals surface area contributed by atoms with E-state index in [1.165, 1.54) is 0 Å². The lowest BCUT2D eigenvalue weighted by molar-refractivity contribution is 0.804. The molecule has 19 heavy (non-hydrogen) atoms. The fourth-order valence-corrected chi connectivity index (χ4v) is 1.92. The fourth-order valence-electron chi connectivity index (χ4n) is 1.92.